The Kier molecular flexibility index (Phi) is 7.94. The Morgan fingerprint density at radius 1 is 1.26 bits per heavy atom. The Balaban J connectivity index is 1.75. The van der Waals surface area contributed by atoms with Crippen molar-refractivity contribution < 1.29 is 55.9 Å². The first-order valence-corrected chi connectivity index (χ1v) is 13.6. The van der Waals surface area contributed by atoms with Crippen LogP contribution in [0.15, 0.2) is 23.8 Å². The molecular formula is C13H20N5O13P3. The molecule has 1 saturated heterocycles. The molecule has 34 heavy (non-hydrogen) atoms. The lowest BCUT2D eigenvalue weighted by Crippen LogP contribution is -2.29. The number of imidazole rings is 1. The number of phosphoric ester groups is 1. The summed E-state index contributed by atoms with van der Waals surface area (Å²) in [4.78, 5) is 58.3. The molecular weight excluding hydrogens is 527 g/mol. The second-order valence-electron chi connectivity index (χ2n) is 6.69. The smallest absolute Gasteiger partial charge is 0.371 e. The van der Waals surface area contributed by atoms with Crippen LogP contribution in [0.25, 0.3) is 11.2 Å². The maximum Gasteiger partial charge on any atom is 0.490 e. The van der Waals surface area contributed by atoms with Gasteiger partial charge in [-0.3, -0.25) is 18.9 Å². The number of aromatic amines is 1. The number of nitrogens with one attached hydrogen (secondary N) is 1. The molecule has 3 rings (SSSR count). The number of H-pyrrole nitrogens is 1. The predicted molar refractivity (Wildman–Crippen MR) is 111 cm³/mol. The number of anilines is 1. The van der Waals surface area contributed by atoms with Crippen LogP contribution >= 0.6 is 23.5 Å². The second-order valence-corrected chi connectivity index (χ2v) is 11.1. The van der Waals surface area contributed by atoms with Gasteiger partial charge in [-0.2, -0.15) is 13.6 Å². The highest BCUT2D eigenvalue weighted by Crippen LogP contribution is 2.66. The third-order valence-electron chi connectivity index (χ3n) is 4.19. The summed E-state index contributed by atoms with van der Waals surface area (Å²) >= 11 is 0. The van der Waals surface area contributed by atoms with E-state index < -0.39 is 54.1 Å². The van der Waals surface area contributed by atoms with Gasteiger partial charge in [-0.1, -0.05) is 6.08 Å². The van der Waals surface area contributed by atoms with Gasteiger partial charge >= 0.3 is 23.5 Å². The topological polar surface area (TPSA) is 268 Å². The summed E-state index contributed by atoms with van der Waals surface area (Å²) in [6.45, 7) is 2.84. The Bertz CT molecular complexity index is 1260. The van der Waals surface area contributed by atoms with E-state index in [9.17, 15) is 28.3 Å². The van der Waals surface area contributed by atoms with E-state index in [0.717, 1.165) is 0 Å². The van der Waals surface area contributed by atoms with Gasteiger partial charge in [0, 0.05) is 6.42 Å². The Morgan fingerprint density at radius 3 is 2.62 bits per heavy atom. The molecule has 21 heteroatoms. The Morgan fingerprint density at radius 2 is 1.97 bits per heavy atom. The largest absolute Gasteiger partial charge is 0.490 e. The number of hydrogen-bond donors (Lipinski definition) is 6. The lowest BCUT2D eigenvalue weighted by atomic mass is 10.2. The molecule has 0 saturated carbocycles. The normalized spacial score (nSPS) is 24.6. The molecule has 0 amide bonds. The standard InChI is InChI=1S/C13H20N5O13P3/c1-2-3-27-7-4-9(18-6-15-10-11(18)16-13(14)17-12(10)19)29-8(7)5-28-33(23,24)31-34(25,26)30-32(20,21)22/h2,6-9H,1,3-5H2,(H,23,24)(H,25,26)(H2,20,21,22)(H3,14,16,17,19)/t7-,8+,9+/m0/s1. The first-order valence-electron chi connectivity index (χ1n) is 9.08. The zero-order valence-electron chi connectivity index (χ0n) is 16.9. The van der Waals surface area contributed by atoms with E-state index in [4.69, 9.17) is 25.0 Å². The number of nitrogen functional groups attached to an aromatic ring is 1. The van der Waals surface area contributed by atoms with Crippen LogP contribution in [0.2, 0.25) is 0 Å². The Hall–Kier alpha value is -1.78. The van der Waals surface area contributed by atoms with Crippen molar-refractivity contribution in [3.8, 4) is 0 Å². The molecule has 3 heterocycles. The summed E-state index contributed by atoms with van der Waals surface area (Å²) < 4.78 is 58.9. The molecule has 1 aliphatic heterocycles. The summed E-state index contributed by atoms with van der Waals surface area (Å²) in [5.74, 6) is -0.166. The number of rotatable bonds is 11. The molecule has 2 aromatic rings. The van der Waals surface area contributed by atoms with Crippen molar-refractivity contribution in [2.45, 2.75) is 24.9 Å². The Labute approximate surface area is 189 Å². The molecule has 0 aromatic carbocycles. The number of phosphoric acid groups is 3. The average molecular weight is 547 g/mol. The van der Waals surface area contributed by atoms with Gasteiger partial charge in [-0.15, -0.1) is 6.58 Å². The van der Waals surface area contributed by atoms with Gasteiger partial charge in [0.25, 0.3) is 5.56 Å². The number of hydrogen-bond acceptors (Lipinski definition) is 12. The highest BCUT2D eigenvalue weighted by atomic mass is 31.3. The minimum atomic E-state index is -5.67. The van der Waals surface area contributed by atoms with Crippen LogP contribution < -0.4 is 11.3 Å². The van der Waals surface area contributed by atoms with E-state index in [2.05, 4.69) is 34.7 Å². The monoisotopic (exact) mass is 547 g/mol. The summed E-state index contributed by atoms with van der Waals surface area (Å²) in [5, 5.41) is 0. The summed E-state index contributed by atoms with van der Waals surface area (Å²) in [7, 11) is -16.6. The van der Waals surface area contributed by atoms with Crippen molar-refractivity contribution in [1.82, 2.24) is 19.5 Å². The molecule has 0 radical (unpaired) electrons. The molecule has 7 N–H and O–H groups in total. The zero-order valence-corrected chi connectivity index (χ0v) is 19.6. The fraction of sp³-hybridized carbons (Fsp3) is 0.462. The fourth-order valence-electron chi connectivity index (χ4n) is 3.01. The first-order chi connectivity index (χ1) is 15.7. The van der Waals surface area contributed by atoms with Gasteiger partial charge in [0.05, 0.1) is 25.6 Å². The van der Waals surface area contributed by atoms with Gasteiger partial charge < -0.3 is 34.8 Å². The third-order valence-corrected chi connectivity index (χ3v) is 7.99. The van der Waals surface area contributed by atoms with Crippen LogP contribution in [0.1, 0.15) is 12.6 Å². The predicted octanol–water partition coefficient (Wildman–Crippen LogP) is -0.0962. The number of nitrogens with two attached hydrogens (primary N) is 1. The first kappa shape index (κ1) is 26.8. The fourth-order valence-corrected chi connectivity index (χ4v) is 6.04. The number of aromatic nitrogens is 4. The van der Waals surface area contributed by atoms with Crippen LogP contribution in [0, 0.1) is 0 Å². The van der Waals surface area contributed by atoms with E-state index in [1.807, 2.05) is 0 Å². The molecule has 0 bridgehead atoms. The van der Waals surface area contributed by atoms with E-state index in [1.54, 1.807) is 0 Å². The van der Waals surface area contributed by atoms with E-state index in [0.29, 0.717) is 0 Å². The molecule has 0 spiro atoms. The van der Waals surface area contributed by atoms with E-state index >= 15 is 0 Å². The lowest BCUT2D eigenvalue weighted by molar-refractivity contribution is -0.0551. The van der Waals surface area contributed by atoms with Crippen LogP contribution in [-0.2, 0) is 36.3 Å². The average Bonchev–Trinajstić information content (AvgIpc) is 3.25. The molecule has 1 fully saturated rings. The van der Waals surface area contributed by atoms with Crippen LogP contribution in [0.3, 0.4) is 0 Å². The molecule has 2 aromatic heterocycles. The molecule has 18 nitrogen and oxygen atoms in total. The third kappa shape index (κ3) is 6.88. The highest BCUT2D eigenvalue weighted by molar-refractivity contribution is 7.66. The van der Waals surface area contributed by atoms with Gasteiger partial charge in [0.1, 0.15) is 12.3 Å². The van der Waals surface area contributed by atoms with Crippen LogP contribution in [-0.4, -0.2) is 64.5 Å². The van der Waals surface area contributed by atoms with Crippen molar-refractivity contribution in [2.24, 2.45) is 0 Å². The molecule has 0 aliphatic carbocycles. The van der Waals surface area contributed by atoms with Gasteiger partial charge in [0.15, 0.2) is 11.2 Å². The number of ether oxygens (including phenoxy) is 2. The number of fused-ring (bicyclic) bond motifs is 1. The second kappa shape index (κ2) is 10.1. The van der Waals surface area contributed by atoms with Gasteiger partial charge in [0.2, 0.25) is 5.95 Å². The van der Waals surface area contributed by atoms with Gasteiger partial charge in [-0.05, 0) is 0 Å². The summed E-state index contributed by atoms with van der Waals surface area (Å²) in [6.07, 6.45) is 0.146. The maximum absolute atomic E-state index is 12.0. The minimum Gasteiger partial charge on any atom is -0.371 e. The number of nitrogens with zero attached hydrogens (tertiary/aromatic N) is 3. The van der Waals surface area contributed by atoms with Crippen molar-refractivity contribution in [3.05, 3.63) is 29.3 Å². The molecule has 5 atom stereocenters. The van der Waals surface area contributed by atoms with E-state index in [1.165, 1.54) is 17.0 Å². The highest BCUT2D eigenvalue weighted by Gasteiger charge is 2.43. The maximum atomic E-state index is 12.0. The molecule has 1 aliphatic rings. The van der Waals surface area contributed by atoms with Crippen LogP contribution in [0.4, 0.5) is 5.95 Å². The van der Waals surface area contributed by atoms with Gasteiger partial charge in [-0.25, -0.2) is 18.7 Å². The van der Waals surface area contributed by atoms with Crippen molar-refractivity contribution in [1.29, 1.82) is 0 Å². The van der Waals surface area contributed by atoms with E-state index in [-0.39, 0.29) is 30.1 Å². The lowest BCUT2D eigenvalue weighted by Gasteiger charge is -2.21. The zero-order chi connectivity index (χ0) is 25.3. The molecule has 2 unspecified atom stereocenters. The quantitative estimate of drug-likeness (QED) is 0.158. The van der Waals surface area contributed by atoms with Crippen molar-refractivity contribution in [2.75, 3.05) is 18.9 Å². The SMILES string of the molecule is C=CCO[C@H]1C[C@H](n2cnc3c(=O)[nH]c(N)nc32)O[C@@H]1COP(=O)(O)OP(=O)(O)OP(=O)(O)O. The minimum absolute atomic E-state index is 0.0157. The van der Waals surface area contributed by atoms with Crippen molar-refractivity contribution >= 4 is 40.6 Å². The van der Waals surface area contributed by atoms with Crippen LogP contribution in [0.5, 0.6) is 0 Å². The van der Waals surface area contributed by atoms with Crippen molar-refractivity contribution in [3.63, 3.8) is 0 Å². The summed E-state index contributed by atoms with van der Waals surface area (Å²) in [5.41, 5.74) is 5.08. The molecule has 190 valence electrons. The summed E-state index contributed by atoms with van der Waals surface area (Å²) in [6, 6.07) is 0.